The van der Waals surface area contributed by atoms with Crippen LogP contribution < -0.4 is 5.73 Å². The first-order valence-corrected chi connectivity index (χ1v) is 9.79. The monoisotopic (exact) mass is 410 g/mol. The minimum atomic E-state index is -0.998. The highest BCUT2D eigenvalue weighted by Crippen LogP contribution is 2.37. The van der Waals surface area contributed by atoms with Gasteiger partial charge in [0.25, 0.3) is 0 Å². The van der Waals surface area contributed by atoms with Crippen molar-refractivity contribution in [1.29, 1.82) is 0 Å². The largest absolute Gasteiger partial charge is 0.377 e. The summed E-state index contributed by atoms with van der Waals surface area (Å²) in [6, 6.07) is 12.1. The summed E-state index contributed by atoms with van der Waals surface area (Å²) in [5.74, 6) is -1.00. The Bertz CT molecular complexity index is 1050. The molecule has 0 saturated heterocycles. The fourth-order valence-corrected chi connectivity index (χ4v) is 3.91. The van der Waals surface area contributed by atoms with Gasteiger partial charge in [0, 0.05) is 37.8 Å². The fraction of sp³-hybridized carbons (Fsp3) is 0.261. The first kappa shape index (κ1) is 20.4. The second-order valence-corrected chi connectivity index (χ2v) is 7.66. The second-order valence-electron chi connectivity index (χ2n) is 7.66. The topological polar surface area (TPSA) is 67.3 Å². The zero-order valence-corrected chi connectivity index (χ0v) is 16.6. The molecule has 3 aromatic rings. The van der Waals surface area contributed by atoms with E-state index in [-0.39, 0.29) is 18.2 Å². The molecule has 0 aliphatic carbocycles. The number of halogens is 2. The molecule has 0 radical (unpaired) electrons. The van der Waals surface area contributed by atoms with Gasteiger partial charge in [0.2, 0.25) is 0 Å². The van der Waals surface area contributed by atoms with E-state index in [1.54, 1.807) is 6.33 Å². The van der Waals surface area contributed by atoms with Crippen LogP contribution in [-0.4, -0.2) is 38.4 Å². The van der Waals surface area contributed by atoms with Crippen molar-refractivity contribution in [2.24, 2.45) is 12.8 Å². The van der Waals surface area contributed by atoms with Crippen LogP contribution in [0.15, 0.2) is 67.1 Å². The Hall–Kier alpha value is -2.87. The zero-order valence-electron chi connectivity index (χ0n) is 16.6. The smallest absolute Gasteiger partial charge is 0.130 e. The third kappa shape index (κ3) is 4.18. The van der Waals surface area contributed by atoms with Gasteiger partial charge in [-0.2, -0.15) is 0 Å². The van der Waals surface area contributed by atoms with Gasteiger partial charge in [-0.1, -0.05) is 36.4 Å². The van der Waals surface area contributed by atoms with Crippen LogP contribution in [0.3, 0.4) is 0 Å². The number of imidazole rings is 1. The molecule has 0 saturated carbocycles. The number of aliphatic hydroxyl groups is 1. The molecule has 1 aliphatic rings. The summed E-state index contributed by atoms with van der Waals surface area (Å²) >= 11 is 0. The van der Waals surface area contributed by atoms with E-state index in [0.717, 1.165) is 23.4 Å². The van der Waals surface area contributed by atoms with Crippen LogP contribution in [0.25, 0.3) is 5.57 Å². The lowest BCUT2D eigenvalue weighted by Crippen LogP contribution is -2.49. The molecule has 3 N–H and O–H groups in total. The van der Waals surface area contributed by atoms with Crippen LogP contribution in [0, 0.1) is 11.6 Å². The van der Waals surface area contributed by atoms with Crippen LogP contribution in [-0.2, 0) is 13.5 Å². The lowest BCUT2D eigenvalue weighted by atomic mass is 10.0. The number of aliphatic hydroxyl groups excluding tert-OH is 1. The van der Waals surface area contributed by atoms with Crippen molar-refractivity contribution in [3.63, 3.8) is 0 Å². The number of benzene rings is 2. The van der Waals surface area contributed by atoms with E-state index in [1.807, 2.05) is 59.1 Å². The van der Waals surface area contributed by atoms with Crippen LogP contribution >= 0.6 is 0 Å². The summed E-state index contributed by atoms with van der Waals surface area (Å²) in [6.45, 7) is 0.247. The third-order valence-electron chi connectivity index (χ3n) is 5.41. The van der Waals surface area contributed by atoms with Gasteiger partial charge in [0.1, 0.15) is 17.9 Å². The highest BCUT2D eigenvalue weighted by atomic mass is 19.1. The molecule has 3 atom stereocenters. The first-order valence-electron chi connectivity index (χ1n) is 9.79. The summed E-state index contributed by atoms with van der Waals surface area (Å²) < 4.78 is 30.0. The minimum Gasteiger partial charge on any atom is -0.377 e. The number of nitrogens with two attached hydrogens (primary N) is 1. The number of nitrogens with zero attached hydrogens (tertiary/aromatic N) is 3. The quantitative estimate of drug-likeness (QED) is 0.656. The van der Waals surface area contributed by atoms with E-state index in [1.165, 1.54) is 6.07 Å². The molecular formula is C23H24F2N4O. The maximum absolute atomic E-state index is 14.4. The number of hydrogen-bond donors (Lipinski definition) is 2. The highest BCUT2D eigenvalue weighted by molar-refractivity contribution is 5.70. The summed E-state index contributed by atoms with van der Waals surface area (Å²) in [5, 5.41) is 11.1. The van der Waals surface area contributed by atoms with Gasteiger partial charge in [-0.05, 0) is 29.3 Å². The van der Waals surface area contributed by atoms with Gasteiger partial charge < -0.3 is 15.4 Å². The average Bonchev–Trinajstić information content (AvgIpc) is 3.36. The molecule has 30 heavy (non-hydrogen) atoms. The van der Waals surface area contributed by atoms with Crippen molar-refractivity contribution in [2.45, 2.75) is 24.7 Å². The van der Waals surface area contributed by atoms with Crippen molar-refractivity contribution in [3.05, 3.63) is 95.6 Å². The third-order valence-corrected chi connectivity index (χ3v) is 5.41. The molecule has 0 bridgehead atoms. The Labute approximate surface area is 174 Å². The van der Waals surface area contributed by atoms with Crippen LogP contribution in [0.2, 0.25) is 0 Å². The van der Waals surface area contributed by atoms with Crippen molar-refractivity contribution in [2.75, 3.05) is 6.54 Å². The summed E-state index contributed by atoms with van der Waals surface area (Å²) in [4.78, 5) is 6.08. The van der Waals surface area contributed by atoms with Crippen molar-refractivity contribution in [1.82, 2.24) is 14.5 Å². The molecule has 1 aromatic heterocycles. The predicted molar refractivity (Wildman–Crippen MR) is 111 cm³/mol. The van der Waals surface area contributed by atoms with Crippen molar-refractivity contribution in [3.8, 4) is 0 Å². The molecule has 2 unspecified atom stereocenters. The minimum absolute atomic E-state index is 0.198. The van der Waals surface area contributed by atoms with E-state index in [4.69, 9.17) is 5.73 Å². The van der Waals surface area contributed by atoms with E-state index in [2.05, 4.69) is 4.98 Å². The Morgan fingerprint density at radius 1 is 1.20 bits per heavy atom. The molecule has 4 rings (SSSR count). The predicted octanol–water partition coefficient (Wildman–Crippen LogP) is 3.03. The van der Waals surface area contributed by atoms with Crippen molar-refractivity contribution >= 4 is 5.57 Å². The Kier molecular flexibility index (Phi) is 5.76. The van der Waals surface area contributed by atoms with E-state index in [9.17, 15) is 13.9 Å². The Morgan fingerprint density at radius 3 is 2.67 bits per heavy atom. The van der Waals surface area contributed by atoms with Gasteiger partial charge in [0.05, 0.1) is 18.1 Å². The molecule has 7 heteroatoms. The van der Waals surface area contributed by atoms with Crippen LogP contribution in [0.1, 0.15) is 22.9 Å². The zero-order chi connectivity index (χ0) is 21.3. The molecule has 156 valence electrons. The molecule has 1 aliphatic heterocycles. The molecule has 0 spiro atoms. The molecular weight excluding hydrogens is 386 g/mol. The molecule has 0 amide bonds. The Balaban J connectivity index is 1.63. The lowest BCUT2D eigenvalue weighted by molar-refractivity contribution is -0.0181. The van der Waals surface area contributed by atoms with Crippen LogP contribution in [0.4, 0.5) is 8.78 Å². The maximum Gasteiger partial charge on any atom is 0.130 e. The molecule has 0 fully saturated rings. The number of rotatable bonds is 6. The van der Waals surface area contributed by atoms with E-state index in [0.29, 0.717) is 12.0 Å². The fourth-order valence-electron chi connectivity index (χ4n) is 3.91. The van der Waals surface area contributed by atoms with Gasteiger partial charge in [0.15, 0.2) is 0 Å². The van der Waals surface area contributed by atoms with E-state index < -0.39 is 23.9 Å². The van der Waals surface area contributed by atoms with Crippen molar-refractivity contribution < 1.29 is 13.9 Å². The molecule has 2 aromatic carbocycles. The van der Waals surface area contributed by atoms with Gasteiger partial charge in [-0.15, -0.1) is 0 Å². The molecule has 5 nitrogen and oxygen atoms in total. The standard InChI is InChI=1S/C23H24F2N4O/c1-28-13-18(27-14-28)11-21(26)23(30)29-12-16(19-10-17(24)7-8-20(19)25)9-22(29)15-5-3-2-4-6-15/h2-10,13-14,21-23,30H,11-12,26H2,1H3/t21-,22?,23?/m0/s1. The summed E-state index contributed by atoms with van der Waals surface area (Å²) in [6.07, 6.45) is 4.80. The van der Waals surface area contributed by atoms with Crippen LogP contribution in [0.5, 0.6) is 0 Å². The number of aryl methyl sites for hydroxylation is 1. The summed E-state index contributed by atoms with van der Waals surface area (Å²) in [7, 11) is 1.87. The van der Waals surface area contributed by atoms with Gasteiger partial charge in [-0.3, -0.25) is 4.90 Å². The molecule has 2 heterocycles. The maximum atomic E-state index is 14.4. The Morgan fingerprint density at radius 2 is 1.97 bits per heavy atom. The highest BCUT2D eigenvalue weighted by Gasteiger charge is 2.35. The van der Waals surface area contributed by atoms with Gasteiger partial charge >= 0.3 is 0 Å². The summed E-state index contributed by atoms with van der Waals surface area (Å²) in [5.41, 5.74) is 8.85. The lowest BCUT2D eigenvalue weighted by Gasteiger charge is -2.33. The normalized spacial score (nSPS) is 19.0. The average molecular weight is 410 g/mol. The van der Waals surface area contributed by atoms with E-state index >= 15 is 0 Å². The SMILES string of the molecule is Cn1cnc(C[C@H](N)C(O)N2CC(c3cc(F)ccc3F)=CC2c2ccccc2)c1. The number of aromatic nitrogens is 2. The first-order chi connectivity index (χ1) is 14.4. The van der Waals surface area contributed by atoms with Gasteiger partial charge in [-0.25, -0.2) is 13.8 Å². The second kappa shape index (κ2) is 8.47. The number of hydrogen-bond acceptors (Lipinski definition) is 4.